The average molecular weight is 239 g/mol. The van der Waals surface area contributed by atoms with Crippen LogP contribution in [0.4, 0.5) is 0 Å². The summed E-state index contributed by atoms with van der Waals surface area (Å²) in [6.45, 7) is 4.86. The molecule has 2 aliphatic rings. The molecule has 2 amide bonds. The molecule has 96 valence electrons. The van der Waals surface area contributed by atoms with Crippen LogP contribution in [-0.4, -0.2) is 60.9 Å². The van der Waals surface area contributed by atoms with Gasteiger partial charge in [-0.3, -0.25) is 9.59 Å². The second-order valence-corrected chi connectivity index (χ2v) is 5.04. The fourth-order valence-corrected chi connectivity index (χ4v) is 2.23. The largest absolute Gasteiger partial charge is 0.335 e. The number of rotatable bonds is 2. The Bertz CT molecular complexity index is 309. The maximum Gasteiger partial charge on any atom is 0.312 e. The van der Waals surface area contributed by atoms with E-state index in [9.17, 15) is 9.59 Å². The lowest BCUT2D eigenvalue weighted by Crippen LogP contribution is -2.52. The van der Waals surface area contributed by atoms with Crippen molar-refractivity contribution in [2.75, 3.05) is 33.2 Å². The molecule has 0 aromatic heterocycles. The number of hydrogen-bond donors (Lipinski definition) is 1. The number of likely N-dealkylation sites (N-methyl/N-ethyl adjacent to an activating group) is 1. The predicted molar refractivity (Wildman–Crippen MR) is 64.4 cm³/mol. The Morgan fingerprint density at radius 2 is 1.88 bits per heavy atom. The van der Waals surface area contributed by atoms with Crippen LogP contribution in [0.3, 0.4) is 0 Å². The van der Waals surface area contributed by atoms with Gasteiger partial charge in [-0.1, -0.05) is 0 Å². The molecule has 1 atom stereocenters. The molecular weight excluding hydrogens is 218 g/mol. The molecule has 17 heavy (non-hydrogen) atoms. The zero-order valence-electron chi connectivity index (χ0n) is 10.6. The zero-order chi connectivity index (χ0) is 12.4. The van der Waals surface area contributed by atoms with Crippen molar-refractivity contribution >= 4 is 11.8 Å². The van der Waals surface area contributed by atoms with Crippen molar-refractivity contribution in [3.8, 4) is 0 Å². The van der Waals surface area contributed by atoms with Crippen LogP contribution in [0.1, 0.15) is 19.8 Å². The third-order valence-electron chi connectivity index (χ3n) is 3.82. The molecule has 0 radical (unpaired) electrons. The van der Waals surface area contributed by atoms with Crippen molar-refractivity contribution in [2.24, 2.45) is 5.92 Å². The lowest BCUT2D eigenvalue weighted by molar-refractivity contribution is -0.152. The molecule has 5 heteroatoms. The Morgan fingerprint density at radius 3 is 2.41 bits per heavy atom. The number of amides is 2. The molecule has 1 aliphatic carbocycles. The highest BCUT2D eigenvalue weighted by molar-refractivity contribution is 6.34. The van der Waals surface area contributed by atoms with E-state index in [0.717, 1.165) is 13.1 Å². The standard InChI is InChI=1S/C12H21N3O2/c1-9(10-3-4-10)14(2)11(16)12(17)15-7-5-13-6-8-15/h9-10,13H,3-8H2,1-2H3. The Morgan fingerprint density at radius 1 is 1.29 bits per heavy atom. The first kappa shape index (κ1) is 12.4. The van der Waals surface area contributed by atoms with Gasteiger partial charge in [0.1, 0.15) is 0 Å². The molecule has 1 N–H and O–H groups in total. The minimum absolute atomic E-state index is 0.189. The third kappa shape index (κ3) is 2.77. The van der Waals surface area contributed by atoms with Crippen molar-refractivity contribution in [1.82, 2.24) is 15.1 Å². The van der Waals surface area contributed by atoms with Gasteiger partial charge in [-0.2, -0.15) is 0 Å². The summed E-state index contributed by atoms with van der Waals surface area (Å²) in [7, 11) is 1.74. The highest BCUT2D eigenvalue weighted by Crippen LogP contribution is 2.34. The maximum absolute atomic E-state index is 12.0. The van der Waals surface area contributed by atoms with Crippen LogP contribution in [0.5, 0.6) is 0 Å². The van der Waals surface area contributed by atoms with Gasteiger partial charge in [0, 0.05) is 39.3 Å². The summed E-state index contributed by atoms with van der Waals surface area (Å²) in [5.74, 6) is -0.104. The van der Waals surface area contributed by atoms with E-state index < -0.39 is 0 Å². The lowest BCUT2D eigenvalue weighted by atomic mass is 10.2. The summed E-state index contributed by atoms with van der Waals surface area (Å²) >= 11 is 0. The van der Waals surface area contributed by atoms with E-state index in [1.54, 1.807) is 16.8 Å². The number of piperazine rings is 1. The Kier molecular flexibility index (Phi) is 3.66. The summed E-state index contributed by atoms with van der Waals surface area (Å²) < 4.78 is 0. The topological polar surface area (TPSA) is 52.7 Å². The summed E-state index contributed by atoms with van der Waals surface area (Å²) in [4.78, 5) is 27.3. The fourth-order valence-electron chi connectivity index (χ4n) is 2.23. The third-order valence-corrected chi connectivity index (χ3v) is 3.82. The molecule has 0 bridgehead atoms. The van der Waals surface area contributed by atoms with Gasteiger partial charge in [0.05, 0.1) is 0 Å². The molecule has 0 aromatic rings. The van der Waals surface area contributed by atoms with Crippen LogP contribution < -0.4 is 5.32 Å². The van der Waals surface area contributed by atoms with E-state index in [4.69, 9.17) is 0 Å². The predicted octanol–water partition coefficient (Wildman–Crippen LogP) is -0.325. The fraction of sp³-hybridized carbons (Fsp3) is 0.833. The minimum Gasteiger partial charge on any atom is -0.335 e. The molecule has 1 unspecified atom stereocenters. The quantitative estimate of drug-likeness (QED) is 0.672. The minimum atomic E-state index is -0.355. The number of hydrogen-bond acceptors (Lipinski definition) is 3. The van der Waals surface area contributed by atoms with Crippen LogP contribution in [-0.2, 0) is 9.59 Å². The summed E-state index contributed by atoms with van der Waals surface area (Å²) in [6.07, 6.45) is 2.36. The van der Waals surface area contributed by atoms with Crippen molar-refractivity contribution < 1.29 is 9.59 Å². The smallest absolute Gasteiger partial charge is 0.312 e. The molecule has 2 fully saturated rings. The van der Waals surface area contributed by atoms with Crippen LogP contribution in [0.15, 0.2) is 0 Å². The SMILES string of the molecule is CC(C1CC1)N(C)C(=O)C(=O)N1CCNCC1. The maximum atomic E-state index is 12.0. The van der Waals surface area contributed by atoms with Gasteiger partial charge in [-0.05, 0) is 25.7 Å². The van der Waals surface area contributed by atoms with Crippen molar-refractivity contribution in [2.45, 2.75) is 25.8 Å². The molecule has 1 saturated heterocycles. The molecule has 5 nitrogen and oxygen atoms in total. The first-order chi connectivity index (χ1) is 8.11. The van der Waals surface area contributed by atoms with Gasteiger partial charge < -0.3 is 15.1 Å². The molecule has 2 rings (SSSR count). The Labute approximate surface area is 102 Å². The zero-order valence-corrected chi connectivity index (χ0v) is 10.6. The molecule has 1 heterocycles. The summed E-state index contributed by atoms with van der Waals surface area (Å²) in [6, 6.07) is 0.189. The van der Waals surface area contributed by atoms with E-state index >= 15 is 0 Å². The van der Waals surface area contributed by atoms with Crippen molar-refractivity contribution in [1.29, 1.82) is 0 Å². The van der Waals surface area contributed by atoms with Crippen LogP contribution in [0, 0.1) is 5.92 Å². The molecule has 0 spiro atoms. The second-order valence-electron chi connectivity index (χ2n) is 5.04. The van der Waals surface area contributed by atoms with E-state index in [1.165, 1.54) is 12.8 Å². The second kappa shape index (κ2) is 5.04. The molecular formula is C12H21N3O2. The first-order valence-corrected chi connectivity index (χ1v) is 6.38. The first-order valence-electron chi connectivity index (χ1n) is 6.38. The molecule has 0 aromatic carbocycles. The van der Waals surface area contributed by atoms with Crippen LogP contribution in [0.25, 0.3) is 0 Å². The van der Waals surface area contributed by atoms with Crippen LogP contribution in [0.2, 0.25) is 0 Å². The highest BCUT2D eigenvalue weighted by Gasteiger charge is 2.35. The van der Waals surface area contributed by atoms with Gasteiger partial charge in [-0.15, -0.1) is 0 Å². The number of carbonyl (C=O) groups excluding carboxylic acids is 2. The summed E-state index contributed by atoms with van der Waals surface area (Å²) in [5, 5.41) is 3.17. The van der Waals surface area contributed by atoms with E-state index in [0.29, 0.717) is 19.0 Å². The van der Waals surface area contributed by atoms with E-state index in [-0.39, 0.29) is 17.9 Å². The monoisotopic (exact) mass is 239 g/mol. The highest BCUT2D eigenvalue weighted by atomic mass is 16.2. The number of nitrogens with zero attached hydrogens (tertiary/aromatic N) is 2. The Balaban J connectivity index is 1.90. The van der Waals surface area contributed by atoms with Gasteiger partial charge in [0.15, 0.2) is 0 Å². The van der Waals surface area contributed by atoms with Crippen molar-refractivity contribution in [3.05, 3.63) is 0 Å². The summed E-state index contributed by atoms with van der Waals surface area (Å²) in [5.41, 5.74) is 0. The molecule has 1 aliphatic heterocycles. The normalized spacial score (nSPS) is 22.1. The average Bonchev–Trinajstić information content (AvgIpc) is 3.20. The van der Waals surface area contributed by atoms with E-state index in [1.807, 2.05) is 6.92 Å². The van der Waals surface area contributed by atoms with Gasteiger partial charge in [0.2, 0.25) is 0 Å². The number of nitrogens with one attached hydrogen (secondary N) is 1. The van der Waals surface area contributed by atoms with E-state index in [2.05, 4.69) is 5.32 Å². The van der Waals surface area contributed by atoms with Gasteiger partial charge >= 0.3 is 11.8 Å². The lowest BCUT2D eigenvalue weighted by Gasteiger charge is -2.30. The Hall–Kier alpha value is -1.10. The van der Waals surface area contributed by atoms with Crippen molar-refractivity contribution in [3.63, 3.8) is 0 Å². The van der Waals surface area contributed by atoms with Crippen LogP contribution >= 0.6 is 0 Å². The van der Waals surface area contributed by atoms with Gasteiger partial charge in [0.25, 0.3) is 0 Å². The van der Waals surface area contributed by atoms with Gasteiger partial charge in [-0.25, -0.2) is 0 Å². The number of carbonyl (C=O) groups is 2. The molecule has 1 saturated carbocycles.